The molecule has 0 bridgehead atoms. The van der Waals surface area contributed by atoms with Gasteiger partial charge in [0.05, 0.1) is 12.5 Å². The minimum Gasteiger partial charge on any atom is -0.481 e. The molecule has 0 radical (unpaired) electrons. The molecule has 8 heteroatoms. The van der Waals surface area contributed by atoms with Crippen LogP contribution in [0.1, 0.15) is 59.3 Å². The van der Waals surface area contributed by atoms with Gasteiger partial charge in [0.15, 0.2) is 5.78 Å². The lowest BCUT2D eigenvalue weighted by Gasteiger charge is -2.36. The van der Waals surface area contributed by atoms with Crippen LogP contribution in [0.2, 0.25) is 0 Å². The van der Waals surface area contributed by atoms with Crippen molar-refractivity contribution in [1.82, 2.24) is 4.90 Å². The van der Waals surface area contributed by atoms with E-state index in [4.69, 9.17) is 10.8 Å². The van der Waals surface area contributed by atoms with Crippen molar-refractivity contribution in [2.24, 2.45) is 17.6 Å². The van der Waals surface area contributed by atoms with E-state index in [9.17, 15) is 24.3 Å². The van der Waals surface area contributed by atoms with Crippen molar-refractivity contribution >= 4 is 23.6 Å². The van der Waals surface area contributed by atoms with Crippen LogP contribution in [-0.4, -0.2) is 56.9 Å². The Balaban J connectivity index is 3.29. The maximum absolute atomic E-state index is 13.1. The minimum absolute atomic E-state index is 0.0504. The smallest absolute Gasteiger partial charge is 0.337 e. The van der Waals surface area contributed by atoms with E-state index in [2.05, 4.69) is 0 Å². The van der Waals surface area contributed by atoms with Gasteiger partial charge in [-0.05, 0) is 25.2 Å². The van der Waals surface area contributed by atoms with Gasteiger partial charge in [-0.15, -0.1) is 0 Å². The number of amides is 1. The first-order valence-electron chi connectivity index (χ1n) is 9.18. The second kappa shape index (κ2) is 9.12. The van der Waals surface area contributed by atoms with E-state index in [-0.39, 0.29) is 30.7 Å². The summed E-state index contributed by atoms with van der Waals surface area (Å²) in [5.74, 6) is -4.52. The second-order valence-electron chi connectivity index (χ2n) is 7.27. The van der Waals surface area contributed by atoms with Gasteiger partial charge in [0.25, 0.3) is 0 Å². The predicted octanol–water partition coefficient (Wildman–Crippen LogP) is 1.27. The van der Waals surface area contributed by atoms with Crippen LogP contribution < -0.4 is 5.73 Å². The molecule has 0 aromatic rings. The lowest BCUT2D eigenvalue weighted by Crippen LogP contribution is -2.63. The van der Waals surface area contributed by atoms with Crippen LogP contribution in [0.5, 0.6) is 0 Å². The van der Waals surface area contributed by atoms with E-state index in [1.807, 2.05) is 13.8 Å². The molecular formula is C18H30N2O6. The molecule has 0 aromatic heterocycles. The Morgan fingerprint density at radius 2 is 1.69 bits per heavy atom. The topological polar surface area (TPSA) is 138 Å². The first-order chi connectivity index (χ1) is 12.1. The summed E-state index contributed by atoms with van der Waals surface area (Å²) in [6.07, 6.45) is 2.05. The highest BCUT2D eigenvalue weighted by atomic mass is 16.4. The highest BCUT2D eigenvalue weighted by Gasteiger charge is 2.59. The average molecular weight is 370 g/mol. The van der Waals surface area contributed by atoms with Crippen LogP contribution in [0.15, 0.2) is 0 Å². The SMILES string of the molecule is CCCC(CCC)C(=O)N1CC(C)C[C@]1(C(=O)O)C(=O)[C@@H](N)CC(=O)O. The summed E-state index contributed by atoms with van der Waals surface area (Å²) in [6, 6.07) is -1.47. The summed E-state index contributed by atoms with van der Waals surface area (Å²) in [6.45, 7) is 5.82. The third-order valence-electron chi connectivity index (χ3n) is 4.98. The zero-order valence-corrected chi connectivity index (χ0v) is 15.7. The van der Waals surface area contributed by atoms with Crippen molar-refractivity contribution in [3.63, 3.8) is 0 Å². The Morgan fingerprint density at radius 3 is 2.12 bits per heavy atom. The molecule has 1 unspecified atom stereocenters. The van der Waals surface area contributed by atoms with E-state index in [0.29, 0.717) is 12.8 Å². The molecule has 1 fully saturated rings. The van der Waals surface area contributed by atoms with Crippen LogP contribution in [0.4, 0.5) is 0 Å². The van der Waals surface area contributed by atoms with Gasteiger partial charge >= 0.3 is 11.9 Å². The molecule has 26 heavy (non-hydrogen) atoms. The number of nitrogens with two attached hydrogens (primary N) is 1. The van der Waals surface area contributed by atoms with Crippen molar-refractivity contribution in [2.75, 3.05) is 6.54 Å². The highest BCUT2D eigenvalue weighted by molar-refractivity contribution is 6.13. The summed E-state index contributed by atoms with van der Waals surface area (Å²) in [4.78, 5) is 50.2. The van der Waals surface area contributed by atoms with Gasteiger partial charge in [0.2, 0.25) is 11.4 Å². The first kappa shape index (κ1) is 22.1. The summed E-state index contributed by atoms with van der Waals surface area (Å²) in [5, 5.41) is 18.8. The minimum atomic E-state index is -2.08. The maximum atomic E-state index is 13.1. The molecule has 0 aliphatic carbocycles. The molecule has 148 valence electrons. The van der Waals surface area contributed by atoms with Crippen LogP contribution >= 0.6 is 0 Å². The van der Waals surface area contributed by atoms with E-state index in [1.165, 1.54) is 0 Å². The normalized spacial score (nSPS) is 23.9. The number of carbonyl (C=O) groups excluding carboxylic acids is 2. The van der Waals surface area contributed by atoms with Gasteiger partial charge in [-0.2, -0.15) is 0 Å². The molecule has 1 aliphatic rings. The zero-order valence-electron chi connectivity index (χ0n) is 15.7. The Labute approximate surface area is 153 Å². The molecule has 1 aliphatic heterocycles. The highest BCUT2D eigenvalue weighted by Crippen LogP contribution is 2.37. The Kier molecular flexibility index (Phi) is 7.74. The number of nitrogens with zero attached hydrogens (tertiary/aromatic N) is 1. The average Bonchev–Trinajstić information content (AvgIpc) is 2.91. The zero-order chi connectivity index (χ0) is 20.1. The molecule has 0 spiro atoms. The lowest BCUT2D eigenvalue weighted by atomic mass is 9.83. The fourth-order valence-electron chi connectivity index (χ4n) is 3.86. The van der Waals surface area contributed by atoms with Crippen molar-refractivity contribution < 1.29 is 29.4 Å². The van der Waals surface area contributed by atoms with Crippen LogP contribution in [0.3, 0.4) is 0 Å². The van der Waals surface area contributed by atoms with Crippen molar-refractivity contribution in [1.29, 1.82) is 0 Å². The molecule has 1 rings (SSSR count). The number of ketones is 1. The second-order valence-corrected chi connectivity index (χ2v) is 7.27. The van der Waals surface area contributed by atoms with Gasteiger partial charge in [0.1, 0.15) is 0 Å². The molecule has 1 heterocycles. The number of hydrogen-bond acceptors (Lipinski definition) is 5. The maximum Gasteiger partial charge on any atom is 0.337 e. The number of carboxylic acids is 2. The molecule has 0 aromatic carbocycles. The van der Waals surface area contributed by atoms with Gasteiger partial charge in [0, 0.05) is 12.5 Å². The quantitative estimate of drug-likeness (QED) is 0.492. The monoisotopic (exact) mass is 370 g/mol. The van der Waals surface area contributed by atoms with Crippen molar-refractivity contribution in [3.05, 3.63) is 0 Å². The molecule has 8 nitrogen and oxygen atoms in total. The number of rotatable bonds is 10. The van der Waals surface area contributed by atoms with E-state index >= 15 is 0 Å². The molecule has 4 N–H and O–H groups in total. The first-order valence-corrected chi connectivity index (χ1v) is 9.18. The fourth-order valence-corrected chi connectivity index (χ4v) is 3.86. The summed E-state index contributed by atoms with van der Waals surface area (Å²) < 4.78 is 0. The van der Waals surface area contributed by atoms with E-state index < -0.39 is 35.7 Å². The number of hydrogen-bond donors (Lipinski definition) is 3. The lowest BCUT2D eigenvalue weighted by molar-refractivity contribution is -0.164. The number of aliphatic carboxylic acids is 2. The molecule has 0 saturated carbocycles. The van der Waals surface area contributed by atoms with Crippen LogP contribution in [-0.2, 0) is 19.2 Å². The number of carbonyl (C=O) groups is 4. The third-order valence-corrected chi connectivity index (χ3v) is 4.98. The largest absolute Gasteiger partial charge is 0.481 e. The fraction of sp³-hybridized carbons (Fsp3) is 0.778. The van der Waals surface area contributed by atoms with Gasteiger partial charge in [-0.25, -0.2) is 4.79 Å². The summed E-state index contributed by atoms with van der Waals surface area (Å²) >= 11 is 0. The molecule has 3 atom stereocenters. The molecular weight excluding hydrogens is 340 g/mol. The number of carboxylic acid groups (broad SMARTS) is 2. The van der Waals surface area contributed by atoms with Crippen LogP contribution in [0, 0.1) is 11.8 Å². The van der Waals surface area contributed by atoms with E-state index in [0.717, 1.165) is 17.7 Å². The van der Waals surface area contributed by atoms with Crippen molar-refractivity contribution in [2.45, 2.75) is 70.9 Å². The van der Waals surface area contributed by atoms with Crippen molar-refractivity contribution in [3.8, 4) is 0 Å². The standard InChI is InChI=1S/C18H30N2O6/c1-4-6-12(7-5-2)16(24)20-10-11(3)9-18(20,17(25)26)15(23)13(19)8-14(21)22/h11-13H,4-10,19H2,1-3H3,(H,21,22)(H,25,26)/t11?,13-,18+/m0/s1. The Hall–Kier alpha value is -1.96. The van der Waals surface area contributed by atoms with Crippen LogP contribution in [0.25, 0.3) is 0 Å². The third kappa shape index (κ3) is 4.41. The van der Waals surface area contributed by atoms with Gasteiger partial charge in [-0.3, -0.25) is 14.4 Å². The Morgan fingerprint density at radius 1 is 1.15 bits per heavy atom. The summed E-state index contributed by atoms with van der Waals surface area (Å²) in [5.41, 5.74) is 3.61. The molecule has 1 saturated heterocycles. The van der Waals surface area contributed by atoms with Gasteiger partial charge < -0.3 is 20.8 Å². The predicted molar refractivity (Wildman–Crippen MR) is 94.4 cm³/mol. The Bertz CT molecular complexity index is 558. The molecule has 1 amide bonds. The number of Topliss-reactive ketones (excluding diaryl/α,β-unsaturated/α-hetero) is 1. The van der Waals surface area contributed by atoms with E-state index in [1.54, 1.807) is 6.92 Å². The summed E-state index contributed by atoms with van der Waals surface area (Å²) in [7, 11) is 0. The number of likely N-dealkylation sites (tertiary alicyclic amines) is 1. The van der Waals surface area contributed by atoms with Gasteiger partial charge in [-0.1, -0.05) is 33.6 Å².